The lowest BCUT2D eigenvalue weighted by Gasteiger charge is -2.25. The third-order valence-corrected chi connectivity index (χ3v) is 4.28. The van der Waals surface area contributed by atoms with Crippen LogP contribution in [0, 0.1) is 0 Å². The molecule has 1 amide bonds. The van der Waals surface area contributed by atoms with Crippen LogP contribution in [0.25, 0.3) is 10.8 Å². The van der Waals surface area contributed by atoms with Crippen molar-refractivity contribution < 1.29 is 4.79 Å². The fourth-order valence-electron chi connectivity index (χ4n) is 3.10. The molecule has 21 heavy (non-hydrogen) atoms. The minimum Gasteiger partial charge on any atom is -0.348 e. The zero-order chi connectivity index (χ0) is 14.7. The second kappa shape index (κ2) is 6.27. The number of piperidine rings is 1. The van der Waals surface area contributed by atoms with Crippen molar-refractivity contribution in [2.24, 2.45) is 0 Å². The lowest BCUT2D eigenvalue weighted by molar-refractivity contribution is -0.124. The van der Waals surface area contributed by atoms with E-state index < -0.39 is 0 Å². The molecular weight excluding hydrogens is 260 g/mol. The van der Waals surface area contributed by atoms with E-state index >= 15 is 0 Å². The third-order valence-electron chi connectivity index (χ3n) is 4.28. The predicted molar refractivity (Wildman–Crippen MR) is 86.1 cm³/mol. The van der Waals surface area contributed by atoms with Crippen LogP contribution < -0.4 is 10.6 Å². The summed E-state index contributed by atoms with van der Waals surface area (Å²) in [5.41, 5.74) is 1.18. The van der Waals surface area contributed by atoms with Gasteiger partial charge in [0.2, 0.25) is 5.91 Å². The van der Waals surface area contributed by atoms with Crippen molar-refractivity contribution in [1.29, 1.82) is 0 Å². The van der Waals surface area contributed by atoms with E-state index in [1.807, 2.05) is 12.1 Å². The lowest BCUT2D eigenvalue weighted by atomic mass is 9.98. The summed E-state index contributed by atoms with van der Waals surface area (Å²) in [6.07, 6.45) is 3.24. The molecule has 1 aliphatic rings. The highest BCUT2D eigenvalue weighted by molar-refractivity contribution is 5.87. The number of hydrogen-bond donors (Lipinski definition) is 2. The van der Waals surface area contributed by atoms with E-state index in [1.165, 1.54) is 22.8 Å². The van der Waals surface area contributed by atoms with Gasteiger partial charge in [-0.1, -0.05) is 48.9 Å². The van der Waals surface area contributed by atoms with Gasteiger partial charge in [-0.05, 0) is 42.6 Å². The lowest BCUT2D eigenvalue weighted by Crippen LogP contribution is -2.47. The summed E-state index contributed by atoms with van der Waals surface area (Å²) in [4.78, 5) is 12.3. The van der Waals surface area contributed by atoms with Crippen LogP contribution in [0.5, 0.6) is 0 Å². The molecule has 2 aromatic carbocycles. The molecule has 1 aliphatic heterocycles. The molecule has 1 saturated heterocycles. The van der Waals surface area contributed by atoms with Gasteiger partial charge in [0.25, 0.3) is 0 Å². The summed E-state index contributed by atoms with van der Waals surface area (Å²) in [6, 6.07) is 14.6. The van der Waals surface area contributed by atoms with E-state index in [1.54, 1.807) is 0 Å². The molecule has 110 valence electrons. The number of carbonyl (C=O) groups excluding carboxylic acids is 1. The number of amides is 1. The first-order valence-corrected chi connectivity index (χ1v) is 7.77. The molecule has 3 heteroatoms. The molecule has 0 spiro atoms. The second-order valence-electron chi connectivity index (χ2n) is 5.80. The smallest absolute Gasteiger partial charge is 0.237 e. The molecule has 1 fully saturated rings. The van der Waals surface area contributed by atoms with Crippen LogP contribution in [-0.4, -0.2) is 18.5 Å². The van der Waals surface area contributed by atoms with Gasteiger partial charge >= 0.3 is 0 Å². The van der Waals surface area contributed by atoms with Gasteiger partial charge in [0, 0.05) is 0 Å². The maximum Gasteiger partial charge on any atom is 0.237 e. The van der Waals surface area contributed by atoms with Crippen molar-refractivity contribution in [1.82, 2.24) is 10.6 Å². The first-order chi connectivity index (χ1) is 10.3. The van der Waals surface area contributed by atoms with Gasteiger partial charge in [0.1, 0.15) is 0 Å². The molecular formula is C18H22N2O. The van der Waals surface area contributed by atoms with Crippen molar-refractivity contribution in [2.75, 3.05) is 6.54 Å². The van der Waals surface area contributed by atoms with Crippen LogP contribution in [0.1, 0.15) is 37.8 Å². The van der Waals surface area contributed by atoms with Gasteiger partial charge in [0.15, 0.2) is 0 Å². The topological polar surface area (TPSA) is 41.1 Å². The zero-order valence-electron chi connectivity index (χ0n) is 12.4. The van der Waals surface area contributed by atoms with E-state index in [9.17, 15) is 4.79 Å². The first-order valence-electron chi connectivity index (χ1n) is 7.77. The van der Waals surface area contributed by atoms with E-state index in [0.717, 1.165) is 19.4 Å². The number of carbonyl (C=O) groups is 1. The molecule has 0 bridgehead atoms. The molecule has 3 nitrogen and oxygen atoms in total. The van der Waals surface area contributed by atoms with Crippen molar-refractivity contribution in [3.8, 4) is 0 Å². The summed E-state index contributed by atoms with van der Waals surface area (Å²) in [5, 5.41) is 8.88. The molecule has 0 aromatic heterocycles. The van der Waals surface area contributed by atoms with Gasteiger partial charge < -0.3 is 10.6 Å². The van der Waals surface area contributed by atoms with Crippen LogP contribution in [0.2, 0.25) is 0 Å². The maximum atomic E-state index is 12.3. The Labute approximate surface area is 125 Å². The summed E-state index contributed by atoms with van der Waals surface area (Å²) in [7, 11) is 0. The molecule has 2 unspecified atom stereocenters. The molecule has 0 radical (unpaired) electrons. The highest BCUT2D eigenvalue weighted by atomic mass is 16.2. The summed E-state index contributed by atoms with van der Waals surface area (Å²) >= 11 is 0. The number of benzene rings is 2. The molecule has 1 heterocycles. The highest BCUT2D eigenvalue weighted by Gasteiger charge is 2.22. The van der Waals surface area contributed by atoms with Crippen molar-refractivity contribution >= 4 is 16.7 Å². The first kappa shape index (κ1) is 14.1. The number of rotatable bonds is 3. The Morgan fingerprint density at radius 2 is 2.00 bits per heavy atom. The second-order valence-corrected chi connectivity index (χ2v) is 5.80. The number of hydrogen-bond acceptors (Lipinski definition) is 2. The van der Waals surface area contributed by atoms with Gasteiger partial charge in [-0.3, -0.25) is 4.79 Å². The number of fused-ring (bicyclic) bond motifs is 1. The van der Waals surface area contributed by atoms with Gasteiger partial charge in [-0.15, -0.1) is 0 Å². The van der Waals surface area contributed by atoms with Gasteiger partial charge in [0.05, 0.1) is 12.1 Å². The largest absolute Gasteiger partial charge is 0.348 e. The van der Waals surface area contributed by atoms with Crippen LogP contribution in [0.15, 0.2) is 42.5 Å². The zero-order valence-corrected chi connectivity index (χ0v) is 12.4. The van der Waals surface area contributed by atoms with Crippen molar-refractivity contribution in [3.05, 3.63) is 48.0 Å². The standard InChI is InChI=1S/C18H22N2O/c1-13(20-18(21)17-11-4-5-12-19-17)15-10-6-8-14-7-2-3-9-16(14)15/h2-3,6-10,13,17,19H,4-5,11-12H2,1H3,(H,20,21). The van der Waals surface area contributed by atoms with Crippen LogP contribution in [-0.2, 0) is 4.79 Å². The van der Waals surface area contributed by atoms with E-state index in [0.29, 0.717) is 0 Å². The quantitative estimate of drug-likeness (QED) is 0.908. The summed E-state index contributed by atoms with van der Waals surface area (Å²) in [5.74, 6) is 0.120. The molecule has 2 N–H and O–H groups in total. The minimum absolute atomic E-state index is 0.0207. The fraction of sp³-hybridized carbons (Fsp3) is 0.389. The Kier molecular flexibility index (Phi) is 4.20. The maximum absolute atomic E-state index is 12.3. The van der Waals surface area contributed by atoms with Gasteiger partial charge in [-0.25, -0.2) is 0 Å². The average molecular weight is 282 g/mol. The Morgan fingerprint density at radius 1 is 1.19 bits per heavy atom. The highest BCUT2D eigenvalue weighted by Crippen LogP contribution is 2.24. The summed E-state index contributed by atoms with van der Waals surface area (Å²) < 4.78 is 0. The molecule has 0 aliphatic carbocycles. The SMILES string of the molecule is CC(NC(=O)C1CCCCN1)c1cccc2ccccc12. The molecule has 0 saturated carbocycles. The number of nitrogens with one attached hydrogen (secondary N) is 2. The van der Waals surface area contributed by atoms with Gasteiger partial charge in [-0.2, -0.15) is 0 Å². The van der Waals surface area contributed by atoms with Crippen LogP contribution in [0.4, 0.5) is 0 Å². The van der Waals surface area contributed by atoms with Crippen molar-refractivity contribution in [3.63, 3.8) is 0 Å². The minimum atomic E-state index is -0.0313. The Balaban J connectivity index is 1.77. The fourth-order valence-corrected chi connectivity index (χ4v) is 3.10. The van der Waals surface area contributed by atoms with E-state index in [-0.39, 0.29) is 18.0 Å². The van der Waals surface area contributed by atoms with Crippen LogP contribution in [0.3, 0.4) is 0 Å². The Hall–Kier alpha value is -1.87. The Morgan fingerprint density at radius 3 is 2.81 bits per heavy atom. The monoisotopic (exact) mass is 282 g/mol. The predicted octanol–water partition coefficient (Wildman–Crippen LogP) is 3.16. The summed E-state index contributed by atoms with van der Waals surface area (Å²) in [6.45, 7) is 3.00. The van der Waals surface area contributed by atoms with E-state index in [2.05, 4.69) is 47.9 Å². The van der Waals surface area contributed by atoms with E-state index in [4.69, 9.17) is 0 Å². The molecule has 2 atom stereocenters. The molecule has 3 rings (SSSR count). The van der Waals surface area contributed by atoms with Crippen molar-refractivity contribution in [2.45, 2.75) is 38.3 Å². The average Bonchev–Trinajstić information content (AvgIpc) is 2.55. The molecule has 2 aromatic rings. The normalized spacial score (nSPS) is 20.1. The Bertz CT molecular complexity index is 627. The third kappa shape index (κ3) is 3.08. The van der Waals surface area contributed by atoms with Crippen LogP contribution >= 0.6 is 0 Å².